The molecule has 1 aliphatic carbocycles. The van der Waals surface area contributed by atoms with Gasteiger partial charge in [-0.25, -0.2) is 9.59 Å². The normalized spacial score (nSPS) is 14.5. The van der Waals surface area contributed by atoms with Gasteiger partial charge in [-0.1, -0.05) is 78.9 Å². The van der Waals surface area contributed by atoms with E-state index >= 15 is 0 Å². The molecule has 0 fully saturated rings. The van der Waals surface area contributed by atoms with Crippen LogP contribution < -0.4 is 10.6 Å². The van der Waals surface area contributed by atoms with Crippen molar-refractivity contribution in [2.75, 3.05) is 27.3 Å². The number of aliphatic carboxylic acids is 1. The number of fused-ring (bicyclic) bond motifs is 3. The molecule has 9 heteroatoms. The molecule has 0 aromatic heterocycles. The predicted octanol–water partition coefficient (Wildman–Crippen LogP) is 3.63. The lowest BCUT2D eigenvalue weighted by Crippen LogP contribution is -2.57. The van der Waals surface area contributed by atoms with Crippen LogP contribution >= 0.6 is 0 Å². The Bertz CT molecular complexity index is 1290. The molecule has 1 unspecified atom stereocenters. The lowest BCUT2D eigenvalue weighted by molar-refractivity contribution is -0.145. The van der Waals surface area contributed by atoms with Crippen LogP contribution in [0, 0.1) is 0 Å². The average Bonchev–Trinajstić information content (AvgIpc) is 3.27. The van der Waals surface area contributed by atoms with E-state index in [1.54, 1.807) is 6.92 Å². The highest BCUT2D eigenvalue weighted by Crippen LogP contribution is 2.44. The average molecular weight is 546 g/mol. The third-order valence-electron chi connectivity index (χ3n) is 7.15. The van der Waals surface area contributed by atoms with Gasteiger partial charge in [0.2, 0.25) is 5.91 Å². The van der Waals surface area contributed by atoms with E-state index in [9.17, 15) is 19.5 Å². The van der Waals surface area contributed by atoms with Crippen LogP contribution in [0.2, 0.25) is 0 Å². The Morgan fingerprint density at radius 2 is 1.48 bits per heavy atom. The minimum Gasteiger partial charge on any atom is -0.480 e. The van der Waals surface area contributed by atoms with E-state index in [4.69, 9.17) is 9.47 Å². The van der Waals surface area contributed by atoms with Crippen molar-refractivity contribution >= 4 is 18.0 Å². The number of nitrogens with one attached hydrogen (secondary N) is 2. The lowest BCUT2D eigenvalue weighted by atomic mass is 9.98. The summed E-state index contributed by atoms with van der Waals surface area (Å²) in [7, 11) is 3.19. The molecular weight excluding hydrogens is 510 g/mol. The second kappa shape index (κ2) is 13.2. The Kier molecular flexibility index (Phi) is 9.52. The van der Waals surface area contributed by atoms with Crippen molar-refractivity contribution in [3.63, 3.8) is 0 Å². The van der Waals surface area contributed by atoms with E-state index in [-0.39, 0.29) is 19.1 Å². The first kappa shape index (κ1) is 28.8. The molecule has 3 aromatic carbocycles. The number of carbonyl (C=O) groups excluding carboxylic acids is 2. The molecule has 3 atom stereocenters. The van der Waals surface area contributed by atoms with Crippen LogP contribution in [0.1, 0.15) is 29.5 Å². The van der Waals surface area contributed by atoms with Crippen LogP contribution in [0.3, 0.4) is 0 Å². The molecule has 0 aliphatic heterocycles. The first-order valence-corrected chi connectivity index (χ1v) is 13.2. The number of methoxy groups -OCH3 is 1. The number of amides is 2. The molecule has 40 heavy (non-hydrogen) atoms. The van der Waals surface area contributed by atoms with Crippen molar-refractivity contribution in [3.05, 3.63) is 95.6 Å². The Balaban J connectivity index is 1.46. The van der Waals surface area contributed by atoms with E-state index in [1.165, 1.54) is 7.11 Å². The van der Waals surface area contributed by atoms with Gasteiger partial charge >= 0.3 is 12.1 Å². The highest BCUT2D eigenvalue weighted by Gasteiger charge is 2.33. The molecule has 9 nitrogen and oxygen atoms in total. The van der Waals surface area contributed by atoms with Gasteiger partial charge in [-0.05, 0) is 41.8 Å². The van der Waals surface area contributed by atoms with Crippen molar-refractivity contribution in [2.45, 2.75) is 37.6 Å². The molecule has 2 amide bonds. The molecule has 3 N–H and O–H groups in total. The molecule has 0 saturated heterocycles. The lowest BCUT2D eigenvalue weighted by Gasteiger charge is -2.27. The molecule has 210 valence electrons. The van der Waals surface area contributed by atoms with Gasteiger partial charge in [0.1, 0.15) is 12.6 Å². The third kappa shape index (κ3) is 6.86. The topological polar surface area (TPSA) is 117 Å². The quantitative estimate of drug-likeness (QED) is 0.318. The first-order valence-electron chi connectivity index (χ1n) is 13.2. The number of likely N-dealkylation sites (N-methyl/N-ethyl adjacent to an activating group) is 1. The molecule has 0 bridgehead atoms. The summed E-state index contributed by atoms with van der Waals surface area (Å²) in [5.74, 6) is -2.02. The molecule has 0 radical (unpaired) electrons. The van der Waals surface area contributed by atoms with Gasteiger partial charge in [0.25, 0.3) is 0 Å². The number of ether oxygens (including phenoxy) is 2. The first-order chi connectivity index (χ1) is 19.3. The van der Waals surface area contributed by atoms with Crippen molar-refractivity contribution in [1.82, 2.24) is 15.5 Å². The maximum atomic E-state index is 13.3. The summed E-state index contributed by atoms with van der Waals surface area (Å²) in [5, 5.41) is 14.8. The van der Waals surface area contributed by atoms with Gasteiger partial charge < -0.3 is 25.2 Å². The highest BCUT2D eigenvalue weighted by molar-refractivity contribution is 5.89. The fourth-order valence-corrected chi connectivity index (χ4v) is 5.02. The van der Waals surface area contributed by atoms with Crippen LogP contribution in [-0.2, 0) is 25.6 Å². The largest absolute Gasteiger partial charge is 0.480 e. The standard InChI is InChI=1S/C31H35N3O6/c1-20(39-3)28(30(36)37)33-29(35)27(18-34(2)17-21-11-5-4-6-12-21)32-31(38)40-19-26-24-15-9-7-13-22(24)23-14-8-10-16-25(23)26/h4-16,20,26-28H,17-19H2,1-3H3,(H,32,38)(H,33,35)(H,36,37)/t20-,27?,28+/m1/s1. The van der Waals surface area contributed by atoms with Crippen molar-refractivity contribution in [2.24, 2.45) is 0 Å². The van der Waals surface area contributed by atoms with Crippen LogP contribution in [0.15, 0.2) is 78.9 Å². The summed E-state index contributed by atoms with van der Waals surface area (Å²) >= 11 is 0. The Morgan fingerprint density at radius 3 is 2.05 bits per heavy atom. The van der Waals surface area contributed by atoms with Gasteiger partial charge in [0.15, 0.2) is 6.04 Å². The number of carbonyl (C=O) groups is 3. The molecular formula is C31H35N3O6. The summed E-state index contributed by atoms with van der Waals surface area (Å²) in [6.45, 7) is 2.29. The molecule has 3 aromatic rings. The fraction of sp³-hybridized carbons (Fsp3) is 0.323. The number of hydrogen-bond acceptors (Lipinski definition) is 6. The number of hydrogen-bond donors (Lipinski definition) is 3. The SMILES string of the molecule is CO[C@H](C)[C@H](NC(=O)C(CN(C)Cc1ccccc1)NC(=O)OCC1c2ccccc2-c2ccccc21)C(=O)O. The number of alkyl carbamates (subject to hydrolysis) is 1. The smallest absolute Gasteiger partial charge is 0.407 e. The van der Waals surface area contributed by atoms with Crippen LogP contribution in [0.4, 0.5) is 4.79 Å². The molecule has 0 spiro atoms. The Hall–Kier alpha value is -4.21. The summed E-state index contributed by atoms with van der Waals surface area (Å²) in [4.78, 5) is 39.9. The number of nitrogens with zero attached hydrogens (tertiary/aromatic N) is 1. The summed E-state index contributed by atoms with van der Waals surface area (Å²) in [6.07, 6.45) is -1.54. The van der Waals surface area contributed by atoms with Crippen LogP contribution in [0.5, 0.6) is 0 Å². The van der Waals surface area contributed by atoms with Gasteiger partial charge in [0.05, 0.1) is 6.10 Å². The van der Waals surface area contributed by atoms with E-state index in [0.717, 1.165) is 27.8 Å². The minimum absolute atomic E-state index is 0.0898. The number of rotatable bonds is 12. The fourth-order valence-electron chi connectivity index (χ4n) is 5.02. The predicted molar refractivity (Wildman–Crippen MR) is 151 cm³/mol. The van der Waals surface area contributed by atoms with Crippen molar-refractivity contribution in [1.29, 1.82) is 0 Å². The van der Waals surface area contributed by atoms with Crippen molar-refractivity contribution in [3.8, 4) is 11.1 Å². The highest BCUT2D eigenvalue weighted by atomic mass is 16.5. The number of benzene rings is 3. The third-order valence-corrected chi connectivity index (χ3v) is 7.15. The second-order valence-corrected chi connectivity index (χ2v) is 9.97. The van der Waals surface area contributed by atoms with Gasteiger partial charge in [-0.2, -0.15) is 0 Å². The summed E-state index contributed by atoms with van der Waals surface area (Å²) in [6, 6.07) is 23.4. The second-order valence-electron chi connectivity index (χ2n) is 9.97. The van der Waals surface area contributed by atoms with Crippen LogP contribution in [0.25, 0.3) is 11.1 Å². The Morgan fingerprint density at radius 1 is 0.900 bits per heavy atom. The van der Waals surface area contributed by atoms with Gasteiger partial charge in [0, 0.05) is 26.1 Å². The maximum Gasteiger partial charge on any atom is 0.407 e. The monoisotopic (exact) mass is 545 g/mol. The molecule has 0 saturated carbocycles. The van der Waals surface area contributed by atoms with Gasteiger partial charge in [-0.3, -0.25) is 9.69 Å². The zero-order valence-electron chi connectivity index (χ0n) is 22.9. The molecule has 0 heterocycles. The number of carboxylic acids is 1. The summed E-state index contributed by atoms with van der Waals surface area (Å²) in [5.41, 5.74) is 5.40. The van der Waals surface area contributed by atoms with E-state index in [0.29, 0.717) is 6.54 Å². The number of carboxylic acid groups (broad SMARTS) is 1. The van der Waals surface area contributed by atoms with Crippen molar-refractivity contribution < 1.29 is 29.0 Å². The van der Waals surface area contributed by atoms with Crippen LogP contribution in [-0.4, -0.2) is 73.5 Å². The van der Waals surface area contributed by atoms with Gasteiger partial charge in [-0.15, -0.1) is 0 Å². The zero-order valence-corrected chi connectivity index (χ0v) is 22.9. The van der Waals surface area contributed by atoms with E-state index < -0.39 is 36.2 Å². The minimum atomic E-state index is -1.29. The zero-order chi connectivity index (χ0) is 28.6. The Labute approximate surface area is 234 Å². The van der Waals surface area contributed by atoms with E-state index in [2.05, 4.69) is 22.8 Å². The molecule has 4 rings (SSSR count). The summed E-state index contributed by atoms with van der Waals surface area (Å²) < 4.78 is 10.8. The maximum absolute atomic E-state index is 13.3. The van der Waals surface area contributed by atoms with E-state index in [1.807, 2.05) is 78.7 Å². The molecule has 1 aliphatic rings.